The fourth-order valence-electron chi connectivity index (χ4n) is 2.41. The first-order chi connectivity index (χ1) is 8.69. The summed E-state index contributed by atoms with van der Waals surface area (Å²) in [7, 11) is 2.00. The highest BCUT2D eigenvalue weighted by molar-refractivity contribution is 9.10. The molecule has 0 unspecified atom stereocenters. The molecule has 3 nitrogen and oxygen atoms in total. The fraction of sp³-hybridized carbons (Fsp3) is 0.615. The van der Waals surface area contributed by atoms with Gasteiger partial charge in [0.15, 0.2) is 0 Å². The van der Waals surface area contributed by atoms with E-state index in [4.69, 9.17) is 0 Å². The monoisotopic (exact) mass is 330 g/mol. The van der Waals surface area contributed by atoms with Gasteiger partial charge in [0.1, 0.15) is 0 Å². The second-order valence-corrected chi connectivity index (χ2v) is 6.70. The van der Waals surface area contributed by atoms with Gasteiger partial charge < -0.3 is 10.6 Å². The van der Waals surface area contributed by atoms with E-state index in [1.165, 1.54) is 4.88 Å². The van der Waals surface area contributed by atoms with Crippen molar-refractivity contribution in [1.29, 1.82) is 0 Å². The van der Waals surface area contributed by atoms with Crippen molar-refractivity contribution in [2.45, 2.75) is 38.3 Å². The van der Waals surface area contributed by atoms with Gasteiger partial charge in [-0.1, -0.05) is 0 Å². The molecule has 18 heavy (non-hydrogen) atoms. The first-order valence-electron chi connectivity index (χ1n) is 6.37. The molecule has 1 amide bonds. The zero-order valence-corrected chi connectivity index (χ0v) is 12.9. The van der Waals surface area contributed by atoms with E-state index in [2.05, 4.69) is 32.6 Å². The largest absolute Gasteiger partial charge is 0.351 e. The first kappa shape index (κ1) is 14.0. The van der Waals surface area contributed by atoms with Gasteiger partial charge in [-0.2, -0.15) is 0 Å². The van der Waals surface area contributed by atoms with Gasteiger partial charge in [0, 0.05) is 26.7 Å². The maximum absolute atomic E-state index is 12.0. The smallest absolute Gasteiger partial charge is 0.223 e. The van der Waals surface area contributed by atoms with Gasteiger partial charge in [-0.05, 0) is 54.7 Å². The second kappa shape index (κ2) is 6.68. The van der Waals surface area contributed by atoms with Gasteiger partial charge in [-0.3, -0.25) is 4.79 Å². The molecule has 0 atom stereocenters. The van der Waals surface area contributed by atoms with E-state index >= 15 is 0 Å². The van der Waals surface area contributed by atoms with E-state index in [0.29, 0.717) is 12.6 Å². The van der Waals surface area contributed by atoms with Crippen LogP contribution in [0.5, 0.6) is 0 Å². The zero-order chi connectivity index (χ0) is 13.0. The van der Waals surface area contributed by atoms with E-state index in [1.54, 1.807) is 11.3 Å². The van der Waals surface area contributed by atoms with Crippen molar-refractivity contribution in [3.63, 3.8) is 0 Å². The molecule has 1 saturated carbocycles. The second-order valence-electron chi connectivity index (χ2n) is 4.79. The summed E-state index contributed by atoms with van der Waals surface area (Å²) >= 11 is 5.09. The van der Waals surface area contributed by atoms with Crippen LogP contribution in [0.3, 0.4) is 0 Å². The number of thiophene rings is 1. The van der Waals surface area contributed by atoms with Gasteiger partial charge in [0.2, 0.25) is 5.91 Å². The summed E-state index contributed by atoms with van der Waals surface area (Å²) in [6.45, 7) is 0.654. The maximum atomic E-state index is 12.0. The summed E-state index contributed by atoms with van der Waals surface area (Å²) in [5.74, 6) is 0.423. The van der Waals surface area contributed by atoms with Crippen LogP contribution < -0.4 is 10.6 Å². The van der Waals surface area contributed by atoms with Crippen LogP contribution in [0.4, 0.5) is 0 Å². The van der Waals surface area contributed by atoms with Crippen molar-refractivity contribution in [3.05, 3.63) is 20.8 Å². The van der Waals surface area contributed by atoms with Crippen LogP contribution >= 0.6 is 27.3 Å². The van der Waals surface area contributed by atoms with E-state index in [-0.39, 0.29) is 11.8 Å². The van der Waals surface area contributed by atoms with Crippen molar-refractivity contribution in [2.75, 3.05) is 7.05 Å². The molecule has 0 aliphatic heterocycles. The summed E-state index contributed by atoms with van der Waals surface area (Å²) in [6, 6.07) is 2.66. The molecule has 2 N–H and O–H groups in total. The zero-order valence-electron chi connectivity index (χ0n) is 10.5. The molecule has 1 fully saturated rings. The molecular formula is C13H19BrN2OS. The molecule has 0 bridgehead atoms. The summed E-state index contributed by atoms with van der Waals surface area (Å²) in [5.41, 5.74) is 0. The Morgan fingerprint density at radius 3 is 2.72 bits per heavy atom. The Morgan fingerprint density at radius 2 is 2.17 bits per heavy atom. The molecule has 1 aliphatic carbocycles. The van der Waals surface area contributed by atoms with Crippen LogP contribution in [-0.4, -0.2) is 19.0 Å². The number of halogens is 1. The molecule has 1 aromatic rings. The standard InChI is InChI=1S/C13H19BrN2OS/c1-15-11-4-2-9(3-5-11)13(17)16-7-12-6-10(14)8-18-12/h6,8-9,11,15H,2-5,7H2,1H3,(H,16,17). The van der Waals surface area contributed by atoms with Crippen LogP contribution in [0.1, 0.15) is 30.6 Å². The van der Waals surface area contributed by atoms with Crippen LogP contribution in [-0.2, 0) is 11.3 Å². The molecule has 1 aliphatic rings. The van der Waals surface area contributed by atoms with E-state index in [9.17, 15) is 4.79 Å². The SMILES string of the molecule is CNC1CCC(C(=O)NCc2cc(Br)cs2)CC1. The van der Waals surface area contributed by atoms with Crippen molar-refractivity contribution in [3.8, 4) is 0 Å². The molecule has 5 heteroatoms. The van der Waals surface area contributed by atoms with E-state index in [1.807, 2.05) is 12.4 Å². The average Bonchev–Trinajstić information content (AvgIpc) is 2.82. The maximum Gasteiger partial charge on any atom is 0.223 e. The molecule has 1 aromatic heterocycles. The quantitative estimate of drug-likeness (QED) is 0.891. The van der Waals surface area contributed by atoms with Crippen LogP contribution in [0.2, 0.25) is 0 Å². The molecule has 1 heterocycles. The number of hydrogen-bond donors (Lipinski definition) is 2. The highest BCUT2D eigenvalue weighted by Crippen LogP contribution is 2.25. The van der Waals surface area contributed by atoms with Gasteiger partial charge in [-0.25, -0.2) is 0 Å². The topological polar surface area (TPSA) is 41.1 Å². The number of hydrogen-bond acceptors (Lipinski definition) is 3. The fourth-order valence-corrected chi connectivity index (χ4v) is 3.80. The predicted octanol–water partition coefficient (Wildman–Crippen LogP) is 2.91. The minimum absolute atomic E-state index is 0.206. The third-order valence-corrected chi connectivity index (χ3v) is 5.26. The number of carbonyl (C=O) groups is 1. The van der Waals surface area contributed by atoms with Crippen molar-refractivity contribution >= 4 is 33.2 Å². The van der Waals surface area contributed by atoms with Crippen molar-refractivity contribution < 1.29 is 4.79 Å². The molecule has 0 radical (unpaired) electrons. The van der Waals surface area contributed by atoms with Crippen LogP contribution in [0.15, 0.2) is 15.9 Å². The molecule has 0 saturated heterocycles. The number of rotatable bonds is 4. The summed E-state index contributed by atoms with van der Waals surface area (Å²) in [6.07, 6.45) is 4.23. The Kier molecular flexibility index (Phi) is 5.21. The Balaban J connectivity index is 1.75. The van der Waals surface area contributed by atoms with Gasteiger partial charge in [0.25, 0.3) is 0 Å². The van der Waals surface area contributed by atoms with Crippen molar-refractivity contribution in [1.82, 2.24) is 10.6 Å². The third-order valence-electron chi connectivity index (χ3n) is 3.56. The summed E-state index contributed by atoms with van der Waals surface area (Å²) < 4.78 is 1.09. The van der Waals surface area contributed by atoms with Crippen LogP contribution in [0, 0.1) is 5.92 Å². The van der Waals surface area contributed by atoms with Crippen molar-refractivity contribution in [2.24, 2.45) is 5.92 Å². The Bertz CT molecular complexity index is 399. The Morgan fingerprint density at radius 1 is 1.44 bits per heavy atom. The normalized spacial score (nSPS) is 23.9. The summed E-state index contributed by atoms with van der Waals surface area (Å²) in [4.78, 5) is 13.2. The lowest BCUT2D eigenvalue weighted by Crippen LogP contribution is -2.37. The summed E-state index contributed by atoms with van der Waals surface area (Å²) in [5, 5.41) is 8.38. The van der Waals surface area contributed by atoms with Crippen LogP contribution in [0.25, 0.3) is 0 Å². The molecule has 0 spiro atoms. The van der Waals surface area contributed by atoms with Gasteiger partial charge in [0.05, 0.1) is 6.54 Å². The van der Waals surface area contributed by atoms with Gasteiger partial charge in [-0.15, -0.1) is 11.3 Å². The molecule has 100 valence electrons. The number of amides is 1. The van der Waals surface area contributed by atoms with E-state index < -0.39 is 0 Å². The third kappa shape index (κ3) is 3.80. The van der Waals surface area contributed by atoms with E-state index in [0.717, 1.165) is 30.2 Å². The first-order valence-corrected chi connectivity index (χ1v) is 8.04. The average molecular weight is 331 g/mol. The lowest BCUT2D eigenvalue weighted by molar-refractivity contribution is -0.126. The minimum Gasteiger partial charge on any atom is -0.351 e. The Labute approximate surface area is 120 Å². The van der Waals surface area contributed by atoms with Gasteiger partial charge >= 0.3 is 0 Å². The highest BCUT2D eigenvalue weighted by Gasteiger charge is 2.25. The number of carbonyl (C=O) groups excluding carboxylic acids is 1. The Hall–Kier alpha value is -0.390. The number of nitrogens with one attached hydrogen (secondary N) is 2. The predicted molar refractivity (Wildman–Crippen MR) is 78.7 cm³/mol. The minimum atomic E-state index is 0.206. The molecule has 0 aromatic carbocycles. The molecular weight excluding hydrogens is 312 g/mol. The molecule has 2 rings (SSSR count). The highest BCUT2D eigenvalue weighted by atomic mass is 79.9. The lowest BCUT2D eigenvalue weighted by atomic mass is 9.85. The lowest BCUT2D eigenvalue weighted by Gasteiger charge is -2.27.